The molecule has 0 fully saturated rings. The van der Waals surface area contributed by atoms with Crippen molar-refractivity contribution in [2.75, 3.05) is 18.1 Å². The van der Waals surface area contributed by atoms with Crippen LogP contribution in [0.5, 0.6) is 11.5 Å². The Kier molecular flexibility index (Phi) is 5.82. The van der Waals surface area contributed by atoms with Crippen molar-refractivity contribution in [3.8, 4) is 11.5 Å². The minimum absolute atomic E-state index is 0.308. The van der Waals surface area contributed by atoms with Crippen molar-refractivity contribution in [2.45, 2.75) is 32.9 Å². The van der Waals surface area contributed by atoms with Crippen molar-refractivity contribution < 1.29 is 23.4 Å². The number of rotatable bonds is 4. The summed E-state index contributed by atoms with van der Waals surface area (Å²) in [7, 11) is 0. The SMILES string of the molecule is CC1=C(C(=O)OC(C)C)[C@@H](c2cccc(F)c2)NC(=S)N1c1ccc2c(c1)OCCO2. The number of ether oxygens (including phenoxy) is 3. The van der Waals surface area contributed by atoms with E-state index >= 15 is 0 Å². The molecule has 6 nitrogen and oxygen atoms in total. The van der Waals surface area contributed by atoms with Crippen molar-refractivity contribution in [3.63, 3.8) is 0 Å². The van der Waals surface area contributed by atoms with Gasteiger partial charge in [0.25, 0.3) is 0 Å². The molecule has 0 unspecified atom stereocenters. The fourth-order valence-electron chi connectivity index (χ4n) is 3.70. The number of anilines is 1. The second-order valence-corrected chi connectivity index (χ2v) is 7.94. The Labute approximate surface area is 185 Å². The molecule has 4 rings (SSSR count). The summed E-state index contributed by atoms with van der Waals surface area (Å²) in [6.45, 7) is 6.32. The zero-order valence-corrected chi connectivity index (χ0v) is 18.3. The summed E-state index contributed by atoms with van der Waals surface area (Å²) in [5.74, 6) is 0.385. The molecule has 2 aromatic rings. The second-order valence-electron chi connectivity index (χ2n) is 7.55. The molecule has 1 atom stereocenters. The van der Waals surface area contributed by atoms with Crippen molar-refractivity contribution in [2.24, 2.45) is 0 Å². The molecule has 2 aliphatic heterocycles. The summed E-state index contributed by atoms with van der Waals surface area (Å²) in [6.07, 6.45) is -0.308. The van der Waals surface area contributed by atoms with E-state index in [1.807, 2.05) is 18.2 Å². The minimum Gasteiger partial charge on any atom is -0.486 e. The standard InChI is InChI=1S/C23H23FN2O4S/c1-13(2)30-22(27)20-14(3)26(17-7-8-18-19(12-17)29-10-9-28-18)23(31)25-21(20)15-5-4-6-16(24)11-15/h4-8,11-13,21H,9-10H2,1-3H3,(H,25,31)/t21-/m1/s1. The first-order valence-corrected chi connectivity index (χ1v) is 10.4. The number of hydrogen-bond acceptors (Lipinski definition) is 5. The minimum atomic E-state index is -0.636. The van der Waals surface area contributed by atoms with Gasteiger partial charge in [-0.3, -0.25) is 4.90 Å². The fraction of sp³-hybridized carbons (Fsp3) is 0.304. The number of nitrogens with zero attached hydrogens (tertiary/aromatic N) is 1. The number of esters is 1. The molecule has 162 valence electrons. The van der Waals surface area contributed by atoms with E-state index in [0.29, 0.717) is 52.3 Å². The first-order chi connectivity index (χ1) is 14.8. The molecule has 0 spiro atoms. The van der Waals surface area contributed by atoms with Gasteiger partial charge in [-0.2, -0.15) is 0 Å². The molecule has 2 aliphatic rings. The number of nitrogens with one attached hydrogen (secondary N) is 1. The molecule has 0 aromatic heterocycles. The topological polar surface area (TPSA) is 60.0 Å². The van der Waals surface area contributed by atoms with Gasteiger partial charge in [0.05, 0.1) is 23.4 Å². The first kappa shape index (κ1) is 21.1. The lowest BCUT2D eigenvalue weighted by atomic mass is 9.94. The largest absolute Gasteiger partial charge is 0.486 e. The van der Waals surface area contributed by atoms with Crippen LogP contribution in [0.1, 0.15) is 32.4 Å². The maximum atomic E-state index is 13.9. The molecule has 0 aliphatic carbocycles. The highest BCUT2D eigenvalue weighted by molar-refractivity contribution is 7.80. The number of allylic oxidation sites excluding steroid dienone is 1. The molecule has 0 bridgehead atoms. The Morgan fingerprint density at radius 3 is 2.65 bits per heavy atom. The van der Waals surface area contributed by atoms with E-state index in [-0.39, 0.29) is 6.10 Å². The summed E-state index contributed by atoms with van der Waals surface area (Å²) < 4.78 is 30.7. The van der Waals surface area contributed by atoms with Crippen molar-refractivity contribution in [1.29, 1.82) is 0 Å². The highest BCUT2D eigenvalue weighted by Crippen LogP contribution is 2.39. The van der Waals surface area contributed by atoms with Crippen LogP contribution in [0.25, 0.3) is 0 Å². The number of hydrogen-bond donors (Lipinski definition) is 1. The molecule has 2 heterocycles. The maximum Gasteiger partial charge on any atom is 0.338 e. The van der Waals surface area contributed by atoms with Crippen molar-refractivity contribution >= 4 is 29.0 Å². The predicted molar refractivity (Wildman–Crippen MR) is 119 cm³/mol. The smallest absolute Gasteiger partial charge is 0.338 e. The number of benzene rings is 2. The summed E-state index contributed by atoms with van der Waals surface area (Å²) in [5, 5.41) is 3.56. The number of halogens is 1. The Morgan fingerprint density at radius 1 is 1.19 bits per heavy atom. The number of fused-ring (bicyclic) bond motifs is 1. The summed E-state index contributed by atoms with van der Waals surface area (Å²) in [4.78, 5) is 14.8. The van der Waals surface area contributed by atoms with Crippen LogP contribution in [-0.4, -0.2) is 30.4 Å². The van der Waals surface area contributed by atoms with E-state index in [0.717, 1.165) is 0 Å². The summed E-state index contributed by atoms with van der Waals surface area (Å²) in [5.41, 5.74) is 2.26. The van der Waals surface area contributed by atoms with Gasteiger partial charge in [-0.25, -0.2) is 9.18 Å². The van der Waals surface area contributed by atoms with E-state index in [9.17, 15) is 9.18 Å². The van der Waals surface area contributed by atoms with Gasteiger partial charge < -0.3 is 19.5 Å². The fourth-order valence-corrected chi connectivity index (χ4v) is 4.06. The molecule has 0 saturated heterocycles. The van der Waals surface area contributed by atoms with Crippen molar-refractivity contribution in [3.05, 3.63) is 65.1 Å². The molecule has 2 aromatic carbocycles. The Morgan fingerprint density at radius 2 is 1.94 bits per heavy atom. The van der Waals surface area contributed by atoms with Crippen LogP contribution < -0.4 is 19.7 Å². The number of carbonyl (C=O) groups is 1. The Balaban J connectivity index is 1.81. The number of thiocarbonyl (C=S) groups is 1. The van der Waals surface area contributed by atoms with Gasteiger partial charge >= 0.3 is 5.97 Å². The van der Waals surface area contributed by atoms with Gasteiger partial charge in [-0.05, 0) is 62.8 Å². The van der Waals surface area contributed by atoms with Crippen LogP contribution in [0, 0.1) is 5.82 Å². The molecular weight excluding hydrogens is 419 g/mol. The van der Waals surface area contributed by atoms with Crippen LogP contribution in [0.4, 0.5) is 10.1 Å². The van der Waals surface area contributed by atoms with Gasteiger partial charge in [-0.15, -0.1) is 0 Å². The van der Waals surface area contributed by atoms with Gasteiger partial charge in [0.1, 0.15) is 19.0 Å². The average molecular weight is 443 g/mol. The highest BCUT2D eigenvalue weighted by atomic mass is 32.1. The van der Waals surface area contributed by atoms with E-state index < -0.39 is 17.8 Å². The second kappa shape index (κ2) is 8.55. The van der Waals surface area contributed by atoms with Gasteiger partial charge in [0.2, 0.25) is 0 Å². The molecule has 0 saturated carbocycles. The Hall–Kier alpha value is -3.13. The monoisotopic (exact) mass is 442 g/mol. The lowest BCUT2D eigenvalue weighted by Gasteiger charge is -2.38. The molecule has 31 heavy (non-hydrogen) atoms. The first-order valence-electron chi connectivity index (χ1n) is 10.0. The molecule has 1 N–H and O–H groups in total. The van der Waals surface area contributed by atoms with Crippen LogP contribution in [0.2, 0.25) is 0 Å². The predicted octanol–water partition coefficient (Wildman–Crippen LogP) is 4.26. The van der Waals surface area contributed by atoms with E-state index in [1.165, 1.54) is 12.1 Å². The lowest BCUT2D eigenvalue weighted by molar-refractivity contribution is -0.143. The molecule has 0 amide bonds. The molecule has 8 heteroatoms. The third-order valence-corrected chi connectivity index (χ3v) is 5.31. The third kappa shape index (κ3) is 4.20. The molecular formula is C23H23FN2O4S. The highest BCUT2D eigenvalue weighted by Gasteiger charge is 2.36. The van der Waals surface area contributed by atoms with Crippen molar-refractivity contribution in [1.82, 2.24) is 5.32 Å². The van der Waals surface area contributed by atoms with E-state index in [4.69, 9.17) is 26.4 Å². The van der Waals surface area contributed by atoms with Gasteiger partial charge in [0.15, 0.2) is 16.6 Å². The summed E-state index contributed by atoms with van der Waals surface area (Å²) >= 11 is 5.64. The van der Waals surface area contributed by atoms with Crippen LogP contribution in [-0.2, 0) is 9.53 Å². The zero-order valence-electron chi connectivity index (χ0n) is 17.5. The normalized spacial score (nSPS) is 18.2. The average Bonchev–Trinajstić information content (AvgIpc) is 2.72. The van der Waals surface area contributed by atoms with E-state index in [2.05, 4.69) is 5.32 Å². The van der Waals surface area contributed by atoms with Crippen LogP contribution >= 0.6 is 12.2 Å². The Bertz CT molecular complexity index is 1070. The maximum absolute atomic E-state index is 13.9. The van der Waals surface area contributed by atoms with Crippen LogP contribution in [0.15, 0.2) is 53.7 Å². The van der Waals surface area contributed by atoms with E-state index in [1.54, 1.807) is 37.8 Å². The zero-order chi connectivity index (χ0) is 22.1. The number of carbonyl (C=O) groups excluding carboxylic acids is 1. The quantitative estimate of drug-likeness (QED) is 0.561. The van der Waals surface area contributed by atoms with Gasteiger partial charge in [0, 0.05) is 11.8 Å². The summed E-state index contributed by atoms with van der Waals surface area (Å²) in [6, 6.07) is 10.9. The lowest BCUT2D eigenvalue weighted by Crippen LogP contribution is -2.48. The molecule has 0 radical (unpaired) electrons. The third-order valence-electron chi connectivity index (χ3n) is 5.01. The van der Waals surface area contributed by atoms with Crippen LogP contribution in [0.3, 0.4) is 0 Å². The van der Waals surface area contributed by atoms with Gasteiger partial charge in [-0.1, -0.05) is 12.1 Å².